The zero-order valence-electron chi connectivity index (χ0n) is 14.8. The molecule has 1 fully saturated rings. The van der Waals surface area contributed by atoms with Crippen LogP contribution < -0.4 is 10.6 Å². The van der Waals surface area contributed by atoms with E-state index in [1.54, 1.807) is 0 Å². The minimum absolute atomic E-state index is 0.136. The van der Waals surface area contributed by atoms with Gasteiger partial charge in [-0.3, -0.25) is 4.79 Å². The van der Waals surface area contributed by atoms with Crippen LogP contribution in [0, 0.1) is 0 Å². The Morgan fingerprint density at radius 1 is 1.26 bits per heavy atom. The molecule has 0 aliphatic carbocycles. The van der Waals surface area contributed by atoms with Crippen LogP contribution in [0.5, 0.6) is 0 Å². The number of amides is 1. The Morgan fingerprint density at radius 2 is 1.96 bits per heavy atom. The van der Waals surface area contributed by atoms with E-state index in [-0.39, 0.29) is 5.91 Å². The van der Waals surface area contributed by atoms with E-state index in [1.807, 2.05) is 23.1 Å². The topological polar surface area (TPSA) is 49.6 Å². The van der Waals surface area contributed by atoms with Crippen molar-refractivity contribution in [3.8, 4) is 0 Å². The Balaban J connectivity index is 2.35. The van der Waals surface area contributed by atoms with Gasteiger partial charge in [0, 0.05) is 37.1 Å². The largest absolute Gasteiger partial charge is 0.399 e. The molecule has 0 aromatic heterocycles. The number of anilines is 2. The van der Waals surface area contributed by atoms with Gasteiger partial charge in [0.1, 0.15) is 0 Å². The molecular weight excluding hydrogens is 286 g/mol. The van der Waals surface area contributed by atoms with Crippen LogP contribution in [0.3, 0.4) is 0 Å². The summed E-state index contributed by atoms with van der Waals surface area (Å²) in [7, 11) is 0. The Kier molecular flexibility index (Phi) is 6.31. The fraction of sp³-hybridized carbons (Fsp3) is 0.632. The summed E-state index contributed by atoms with van der Waals surface area (Å²) in [5.74, 6) is 0.136. The van der Waals surface area contributed by atoms with Gasteiger partial charge in [-0.1, -0.05) is 13.8 Å². The maximum Gasteiger partial charge on any atom is 0.256 e. The maximum absolute atomic E-state index is 13.1. The Morgan fingerprint density at radius 3 is 2.57 bits per heavy atom. The van der Waals surface area contributed by atoms with E-state index in [2.05, 4.69) is 25.7 Å². The van der Waals surface area contributed by atoms with Crippen LogP contribution in [0.15, 0.2) is 18.2 Å². The molecule has 1 aliphatic heterocycles. The van der Waals surface area contributed by atoms with Gasteiger partial charge in [-0.05, 0) is 57.2 Å². The van der Waals surface area contributed by atoms with Crippen molar-refractivity contribution in [1.82, 2.24) is 4.90 Å². The second kappa shape index (κ2) is 8.23. The molecule has 128 valence electrons. The van der Waals surface area contributed by atoms with E-state index in [0.717, 1.165) is 56.6 Å². The summed E-state index contributed by atoms with van der Waals surface area (Å²) in [4.78, 5) is 17.5. The molecule has 1 aliphatic rings. The standard InChI is InChI=1S/C19H31N3O/c1-4-11-21(12-5-2)18-10-9-16(20)14-17(18)19(23)22-13-7-6-8-15(22)3/h9-10,14-15H,4-8,11-13,20H2,1-3H3/t15-/m0/s1. The van der Waals surface area contributed by atoms with Crippen molar-refractivity contribution in [3.05, 3.63) is 23.8 Å². The number of nitrogens with two attached hydrogens (primary N) is 1. The Labute approximate surface area is 140 Å². The molecule has 1 heterocycles. The third-order valence-electron chi connectivity index (χ3n) is 4.64. The van der Waals surface area contributed by atoms with Gasteiger partial charge < -0.3 is 15.5 Å². The summed E-state index contributed by atoms with van der Waals surface area (Å²) in [5, 5.41) is 0. The van der Waals surface area contributed by atoms with E-state index >= 15 is 0 Å². The fourth-order valence-corrected chi connectivity index (χ4v) is 3.45. The lowest BCUT2D eigenvalue weighted by Crippen LogP contribution is -2.42. The van der Waals surface area contributed by atoms with Crippen molar-refractivity contribution in [2.75, 3.05) is 30.3 Å². The number of likely N-dealkylation sites (tertiary alicyclic amines) is 1. The quantitative estimate of drug-likeness (QED) is 0.809. The van der Waals surface area contributed by atoms with Crippen LogP contribution in [0.1, 0.15) is 63.2 Å². The molecule has 2 rings (SSSR count). The second-order valence-electron chi connectivity index (χ2n) is 6.61. The fourth-order valence-electron chi connectivity index (χ4n) is 3.45. The highest BCUT2D eigenvalue weighted by Gasteiger charge is 2.27. The molecule has 1 saturated heterocycles. The summed E-state index contributed by atoms with van der Waals surface area (Å²) >= 11 is 0. The summed E-state index contributed by atoms with van der Waals surface area (Å²) in [6.45, 7) is 9.29. The number of carbonyl (C=O) groups is 1. The van der Waals surface area contributed by atoms with Gasteiger partial charge in [0.25, 0.3) is 5.91 Å². The van der Waals surface area contributed by atoms with Crippen LogP contribution in [0.2, 0.25) is 0 Å². The van der Waals surface area contributed by atoms with Crippen molar-refractivity contribution in [1.29, 1.82) is 0 Å². The maximum atomic E-state index is 13.1. The van der Waals surface area contributed by atoms with E-state index in [1.165, 1.54) is 6.42 Å². The average Bonchev–Trinajstić information content (AvgIpc) is 2.54. The van der Waals surface area contributed by atoms with Crippen molar-refractivity contribution in [3.63, 3.8) is 0 Å². The first kappa shape index (κ1) is 17.6. The number of rotatable bonds is 6. The highest BCUT2D eigenvalue weighted by atomic mass is 16.2. The van der Waals surface area contributed by atoms with Crippen molar-refractivity contribution in [2.45, 2.75) is 58.9 Å². The van der Waals surface area contributed by atoms with E-state index in [0.29, 0.717) is 11.7 Å². The third kappa shape index (κ3) is 4.18. The molecule has 0 bridgehead atoms. The molecule has 1 atom stereocenters. The minimum atomic E-state index is 0.136. The van der Waals surface area contributed by atoms with Crippen LogP contribution >= 0.6 is 0 Å². The lowest BCUT2D eigenvalue weighted by molar-refractivity contribution is 0.0636. The van der Waals surface area contributed by atoms with Gasteiger partial charge in [0.2, 0.25) is 0 Å². The smallest absolute Gasteiger partial charge is 0.256 e. The molecule has 23 heavy (non-hydrogen) atoms. The lowest BCUT2D eigenvalue weighted by Gasteiger charge is -2.35. The number of hydrogen-bond donors (Lipinski definition) is 1. The van der Waals surface area contributed by atoms with Crippen LogP contribution in [-0.4, -0.2) is 36.5 Å². The summed E-state index contributed by atoms with van der Waals surface area (Å²) in [6.07, 6.45) is 5.54. The lowest BCUT2D eigenvalue weighted by atomic mass is 10.0. The number of carbonyl (C=O) groups excluding carboxylic acids is 1. The summed E-state index contributed by atoms with van der Waals surface area (Å²) < 4.78 is 0. The van der Waals surface area contributed by atoms with Gasteiger partial charge >= 0.3 is 0 Å². The summed E-state index contributed by atoms with van der Waals surface area (Å²) in [6, 6.07) is 6.10. The Bertz CT molecular complexity index is 523. The first-order chi connectivity index (χ1) is 11.1. The van der Waals surface area contributed by atoms with Gasteiger partial charge in [-0.2, -0.15) is 0 Å². The van der Waals surface area contributed by atoms with Crippen LogP contribution in [0.25, 0.3) is 0 Å². The monoisotopic (exact) mass is 317 g/mol. The molecule has 1 aromatic rings. The van der Waals surface area contributed by atoms with Crippen LogP contribution in [0.4, 0.5) is 11.4 Å². The Hall–Kier alpha value is -1.71. The number of hydrogen-bond acceptors (Lipinski definition) is 3. The molecule has 1 amide bonds. The van der Waals surface area contributed by atoms with Crippen molar-refractivity contribution < 1.29 is 4.79 Å². The molecule has 0 saturated carbocycles. The van der Waals surface area contributed by atoms with Gasteiger partial charge in [-0.25, -0.2) is 0 Å². The molecular formula is C19H31N3O. The molecule has 0 spiro atoms. The highest BCUT2D eigenvalue weighted by molar-refractivity contribution is 6.01. The molecule has 4 heteroatoms. The predicted molar refractivity (Wildman–Crippen MR) is 98.0 cm³/mol. The molecule has 2 N–H and O–H groups in total. The minimum Gasteiger partial charge on any atom is -0.399 e. The molecule has 0 radical (unpaired) electrons. The first-order valence-corrected chi connectivity index (χ1v) is 9.03. The first-order valence-electron chi connectivity index (χ1n) is 9.03. The van der Waals surface area contributed by atoms with Gasteiger partial charge in [0.05, 0.1) is 5.56 Å². The molecule has 1 aromatic carbocycles. The SMILES string of the molecule is CCCN(CCC)c1ccc(N)cc1C(=O)N1CCCC[C@@H]1C. The number of nitrogens with zero attached hydrogens (tertiary/aromatic N) is 2. The van der Waals surface area contributed by atoms with Crippen molar-refractivity contribution >= 4 is 17.3 Å². The third-order valence-corrected chi connectivity index (χ3v) is 4.64. The number of piperidine rings is 1. The van der Waals surface area contributed by atoms with Crippen LogP contribution in [-0.2, 0) is 0 Å². The van der Waals surface area contributed by atoms with Gasteiger partial charge in [0.15, 0.2) is 0 Å². The van der Waals surface area contributed by atoms with E-state index in [4.69, 9.17) is 5.73 Å². The highest BCUT2D eigenvalue weighted by Crippen LogP contribution is 2.28. The normalized spacial score (nSPS) is 18.0. The van der Waals surface area contributed by atoms with E-state index in [9.17, 15) is 4.79 Å². The van der Waals surface area contributed by atoms with Gasteiger partial charge in [-0.15, -0.1) is 0 Å². The molecule has 0 unspecified atom stereocenters. The zero-order valence-corrected chi connectivity index (χ0v) is 14.8. The number of benzene rings is 1. The average molecular weight is 317 g/mol. The second-order valence-corrected chi connectivity index (χ2v) is 6.61. The predicted octanol–water partition coefficient (Wildman–Crippen LogP) is 3.91. The van der Waals surface area contributed by atoms with E-state index < -0.39 is 0 Å². The number of nitrogen functional groups attached to an aromatic ring is 1. The summed E-state index contributed by atoms with van der Waals surface area (Å²) in [5.41, 5.74) is 8.45. The molecule has 4 nitrogen and oxygen atoms in total. The van der Waals surface area contributed by atoms with Crippen molar-refractivity contribution in [2.24, 2.45) is 0 Å². The zero-order chi connectivity index (χ0) is 16.8.